The number of nitrogens with zero attached hydrogens (tertiary/aromatic N) is 4. The molecule has 12 heteroatoms. The van der Waals surface area contributed by atoms with E-state index in [4.69, 9.17) is 0 Å². The van der Waals surface area contributed by atoms with Gasteiger partial charge >= 0.3 is 6.18 Å². The summed E-state index contributed by atoms with van der Waals surface area (Å²) in [4.78, 5) is 6.72. The zero-order valence-corrected chi connectivity index (χ0v) is 25.7. The maximum absolute atomic E-state index is 13.6. The van der Waals surface area contributed by atoms with E-state index in [1.165, 1.54) is 4.57 Å². The van der Waals surface area contributed by atoms with Gasteiger partial charge in [-0.25, -0.2) is 8.42 Å². The van der Waals surface area contributed by atoms with Crippen molar-refractivity contribution in [2.45, 2.75) is 69.8 Å². The van der Waals surface area contributed by atoms with Crippen LogP contribution in [0.1, 0.15) is 50.9 Å². The smallest absolute Gasteiger partial charge is 0.382 e. The Morgan fingerprint density at radius 2 is 1.80 bits per heavy atom. The third-order valence-electron chi connectivity index (χ3n) is 8.49. The third kappa shape index (κ3) is 7.66. The normalized spacial score (nSPS) is 18.4. The van der Waals surface area contributed by atoms with Gasteiger partial charge in [0.25, 0.3) is 0 Å². The molecule has 0 saturated carbocycles. The molecule has 0 amide bonds. The van der Waals surface area contributed by atoms with Crippen molar-refractivity contribution in [2.75, 3.05) is 41.8 Å². The molecule has 0 atom stereocenters. The van der Waals surface area contributed by atoms with Crippen LogP contribution >= 0.6 is 0 Å². The fourth-order valence-electron chi connectivity index (χ4n) is 5.94. The van der Waals surface area contributed by atoms with E-state index in [1.807, 2.05) is 6.07 Å². The molecule has 4 heterocycles. The van der Waals surface area contributed by atoms with Gasteiger partial charge < -0.3 is 20.1 Å². The van der Waals surface area contributed by atoms with Crippen molar-refractivity contribution in [2.24, 2.45) is 0 Å². The monoisotopic (exact) mass is 626 g/mol. The number of pyridine rings is 1. The second kappa shape index (κ2) is 12.7. The molecule has 5 rings (SSSR count). The van der Waals surface area contributed by atoms with Gasteiger partial charge in [-0.15, -0.1) is 0 Å². The largest absolute Gasteiger partial charge is 0.406 e. The minimum atomic E-state index is -4.42. The summed E-state index contributed by atoms with van der Waals surface area (Å²) in [5.41, 5.74) is 2.14. The van der Waals surface area contributed by atoms with Gasteiger partial charge in [0.15, 0.2) is 0 Å². The number of nitrogens with one attached hydrogen (secondary N) is 2. The van der Waals surface area contributed by atoms with E-state index in [1.54, 1.807) is 50.4 Å². The minimum absolute atomic E-state index is 0.160. The van der Waals surface area contributed by atoms with E-state index in [2.05, 4.69) is 38.4 Å². The van der Waals surface area contributed by atoms with Crippen LogP contribution in [0, 0.1) is 23.2 Å². The highest BCUT2D eigenvalue weighted by Crippen LogP contribution is 2.32. The molecule has 8 nitrogen and oxygen atoms in total. The fourth-order valence-corrected chi connectivity index (χ4v) is 7.41. The molecule has 234 valence electrons. The average Bonchev–Trinajstić information content (AvgIpc) is 3.32. The number of alkyl halides is 3. The molecular weight excluding hydrogens is 589 g/mol. The first-order valence-electron chi connectivity index (χ1n) is 14.8. The van der Waals surface area contributed by atoms with E-state index in [0.29, 0.717) is 41.2 Å². The lowest BCUT2D eigenvalue weighted by Crippen LogP contribution is -2.47. The molecule has 3 aromatic rings. The Hall–Kier alpha value is -3.74. The molecule has 0 spiro atoms. The lowest BCUT2D eigenvalue weighted by Gasteiger charge is -2.39. The molecule has 2 aliphatic rings. The number of anilines is 2. The summed E-state index contributed by atoms with van der Waals surface area (Å²) in [5, 5.41) is 16.7. The summed E-state index contributed by atoms with van der Waals surface area (Å²) in [7, 11) is -2.90. The van der Waals surface area contributed by atoms with Gasteiger partial charge in [0, 0.05) is 36.2 Å². The lowest BCUT2D eigenvalue weighted by atomic mass is 9.91. The Labute approximate surface area is 256 Å². The predicted octanol–water partition coefficient (Wildman–Crippen LogP) is 5.32. The molecular formula is C32H37F3N6O2S. The van der Waals surface area contributed by atoms with Crippen LogP contribution in [0.5, 0.6) is 0 Å². The number of benzene rings is 1. The van der Waals surface area contributed by atoms with Crippen molar-refractivity contribution >= 4 is 32.1 Å². The molecule has 2 aliphatic heterocycles. The second-order valence-electron chi connectivity index (χ2n) is 12.1. The van der Waals surface area contributed by atoms with Gasteiger partial charge in [0.2, 0.25) is 0 Å². The summed E-state index contributed by atoms with van der Waals surface area (Å²) in [6, 6.07) is 13.3. The van der Waals surface area contributed by atoms with Gasteiger partial charge in [-0.3, -0.25) is 4.98 Å². The molecule has 0 unspecified atom stereocenters. The summed E-state index contributed by atoms with van der Waals surface area (Å²) in [5.74, 6) is 6.37. The molecule has 0 radical (unpaired) electrons. The van der Waals surface area contributed by atoms with E-state index >= 15 is 0 Å². The number of halogens is 3. The number of piperidine rings is 1. The van der Waals surface area contributed by atoms with Gasteiger partial charge in [-0.2, -0.15) is 18.4 Å². The topological polar surface area (TPSA) is 103 Å². The average molecular weight is 627 g/mol. The van der Waals surface area contributed by atoms with Crippen LogP contribution in [0.4, 0.5) is 24.5 Å². The van der Waals surface area contributed by atoms with Crippen LogP contribution in [-0.4, -0.2) is 72.3 Å². The number of likely N-dealkylation sites (tertiary alicyclic amines) is 1. The Kier molecular flexibility index (Phi) is 9.15. The van der Waals surface area contributed by atoms with Crippen molar-refractivity contribution in [1.82, 2.24) is 14.5 Å². The summed E-state index contributed by atoms with van der Waals surface area (Å²) in [6.45, 7) is 4.33. The third-order valence-corrected chi connectivity index (χ3v) is 10.2. The molecule has 44 heavy (non-hydrogen) atoms. The Morgan fingerprint density at radius 3 is 2.43 bits per heavy atom. The van der Waals surface area contributed by atoms with Crippen LogP contribution in [-0.2, 0) is 21.8 Å². The highest BCUT2D eigenvalue weighted by Gasteiger charge is 2.32. The first-order chi connectivity index (χ1) is 20.8. The van der Waals surface area contributed by atoms with Crippen molar-refractivity contribution in [3.05, 3.63) is 54.0 Å². The van der Waals surface area contributed by atoms with Crippen LogP contribution in [0.15, 0.2) is 42.6 Å². The van der Waals surface area contributed by atoms with E-state index in [0.717, 1.165) is 31.6 Å². The summed E-state index contributed by atoms with van der Waals surface area (Å²) in [6.07, 6.45) is 0.278. The Balaban J connectivity index is 1.28. The maximum Gasteiger partial charge on any atom is 0.406 e. The van der Waals surface area contributed by atoms with Crippen molar-refractivity contribution in [3.63, 3.8) is 0 Å². The first kappa shape index (κ1) is 31.7. The molecule has 0 aliphatic carbocycles. The van der Waals surface area contributed by atoms with Gasteiger partial charge in [0.05, 0.1) is 58.3 Å². The summed E-state index contributed by atoms with van der Waals surface area (Å²) < 4.78 is 65.7. The maximum atomic E-state index is 13.6. The minimum Gasteiger partial charge on any atom is -0.382 e. The van der Waals surface area contributed by atoms with Gasteiger partial charge in [0.1, 0.15) is 16.4 Å². The van der Waals surface area contributed by atoms with Crippen molar-refractivity contribution in [1.29, 1.82) is 5.26 Å². The zero-order chi connectivity index (χ0) is 31.5. The number of nitriles is 1. The standard InChI is InChI=1S/C32H37F3N6O2S/c1-31(2,21-36)30-9-8-24(20-38-30)37-14-4-5-26-19-27-28(6-3-7-29(27)41(26)22-32(33,34)35)39-23-10-15-40(16-11-23)25-12-17-44(42,43)18-13-25/h3,6-9,19-20,23,25,37,39H,10-18,22H2,1-2H3. The first-order valence-corrected chi connectivity index (χ1v) is 16.7. The summed E-state index contributed by atoms with van der Waals surface area (Å²) >= 11 is 0. The highest BCUT2D eigenvalue weighted by molar-refractivity contribution is 7.91. The lowest BCUT2D eigenvalue weighted by molar-refractivity contribution is -0.140. The fraction of sp³-hybridized carbons (Fsp3) is 0.500. The molecule has 0 bridgehead atoms. The van der Waals surface area contributed by atoms with Crippen molar-refractivity contribution < 1.29 is 21.6 Å². The molecule has 2 aromatic heterocycles. The van der Waals surface area contributed by atoms with Crippen LogP contribution in [0.3, 0.4) is 0 Å². The quantitative estimate of drug-likeness (QED) is 0.343. The number of fused-ring (bicyclic) bond motifs is 1. The number of sulfone groups is 1. The van der Waals surface area contributed by atoms with Crippen molar-refractivity contribution in [3.8, 4) is 17.9 Å². The number of rotatable bonds is 7. The van der Waals surface area contributed by atoms with Crippen LogP contribution in [0.2, 0.25) is 0 Å². The number of hydrogen-bond donors (Lipinski definition) is 2. The highest BCUT2D eigenvalue weighted by atomic mass is 32.2. The van der Waals surface area contributed by atoms with E-state index in [-0.39, 0.29) is 29.8 Å². The van der Waals surface area contributed by atoms with Gasteiger partial charge in [-0.05, 0) is 75.8 Å². The SMILES string of the molecule is CC(C)(C#N)c1ccc(NCC#Cc2cc3c(NC4CCN(C5CCS(=O)(=O)CC5)CC4)cccc3n2CC(F)(F)F)cn1. The van der Waals surface area contributed by atoms with Crippen LogP contribution < -0.4 is 10.6 Å². The van der Waals surface area contributed by atoms with E-state index < -0.39 is 28.0 Å². The van der Waals surface area contributed by atoms with E-state index in [9.17, 15) is 26.9 Å². The van der Waals surface area contributed by atoms with Gasteiger partial charge in [-0.1, -0.05) is 12.0 Å². The number of hydrogen-bond acceptors (Lipinski definition) is 7. The predicted molar refractivity (Wildman–Crippen MR) is 166 cm³/mol. The molecule has 1 aromatic carbocycles. The number of aromatic nitrogens is 2. The zero-order valence-electron chi connectivity index (χ0n) is 24.9. The Bertz CT molecular complexity index is 1680. The molecule has 2 fully saturated rings. The molecule has 2 saturated heterocycles. The van der Waals surface area contributed by atoms with Crippen LogP contribution in [0.25, 0.3) is 10.9 Å². The molecule has 2 N–H and O–H groups in total. The Morgan fingerprint density at radius 1 is 1.07 bits per heavy atom. The second-order valence-corrected chi connectivity index (χ2v) is 14.4.